The number of fused-ring (bicyclic) bond motifs is 1. The molecule has 5 rings (SSSR count). The minimum Gasteiger partial charge on any atom is -0.434 e. The number of benzene rings is 2. The van der Waals surface area contributed by atoms with Gasteiger partial charge >= 0.3 is 12.2 Å². The van der Waals surface area contributed by atoms with Crippen LogP contribution < -0.4 is 10.1 Å². The zero-order valence-corrected chi connectivity index (χ0v) is 25.2. The predicted molar refractivity (Wildman–Crippen MR) is 166 cm³/mol. The molecular formula is C33H41N3O5S. The minimum absolute atomic E-state index is 0.155. The standard InChI is InChI=1S/C33H41N3O5S/c1-2-40-33(38)41-30-28-15-9-10-16-29(28)42-31(30)34-32(37)36(20-19-35-21-23-39-24-22-35)18-17-27(25-11-5-3-6-12-25)26-13-7-4-8-14-26/h3-8,11-14,27H,2,9-10,15-24H2,1H3,(H,34,37). The molecule has 1 N–H and O–H groups in total. The SMILES string of the molecule is CCOC(=O)Oc1c(NC(=O)N(CCC(c2ccccc2)c2ccccc2)CCN2CCOCC2)sc2c1CCCC2. The molecule has 3 aromatic rings. The van der Waals surface area contributed by atoms with Gasteiger partial charge in [-0.25, -0.2) is 9.59 Å². The van der Waals surface area contributed by atoms with E-state index >= 15 is 0 Å². The molecule has 1 aliphatic heterocycles. The molecule has 0 spiro atoms. The summed E-state index contributed by atoms with van der Waals surface area (Å²) in [5.74, 6) is 0.601. The fraction of sp³-hybridized carbons (Fsp3) is 0.455. The number of amides is 2. The predicted octanol–water partition coefficient (Wildman–Crippen LogP) is 6.55. The van der Waals surface area contributed by atoms with Crippen LogP contribution in [0.3, 0.4) is 0 Å². The lowest BCUT2D eigenvalue weighted by Crippen LogP contribution is -2.44. The smallest absolute Gasteiger partial charge is 0.434 e. The molecule has 224 valence electrons. The van der Waals surface area contributed by atoms with Crippen molar-refractivity contribution in [1.29, 1.82) is 0 Å². The first kappa shape index (κ1) is 30.1. The first-order valence-electron chi connectivity index (χ1n) is 15.1. The van der Waals surface area contributed by atoms with E-state index in [1.54, 1.807) is 6.92 Å². The maximum Gasteiger partial charge on any atom is 0.513 e. The van der Waals surface area contributed by atoms with Gasteiger partial charge in [0.2, 0.25) is 0 Å². The topological polar surface area (TPSA) is 80.3 Å². The first-order valence-corrected chi connectivity index (χ1v) is 15.9. The Hall–Kier alpha value is -3.40. The number of nitrogens with one attached hydrogen (secondary N) is 1. The Kier molecular flexibility index (Phi) is 10.9. The Morgan fingerprint density at radius 2 is 1.64 bits per heavy atom. The van der Waals surface area contributed by atoms with E-state index in [4.69, 9.17) is 14.2 Å². The van der Waals surface area contributed by atoms with Crippen molar-refractivity contribution >= 4 is 28.5 Å². The number of aryl methyl sites for hydroxylation is 1. The van der Waals surface area contributed by atoms with Gasteiger partial charge in [-0.1, -0.05) is 60.7 Å². The van der Waals surface area contributed by atoms with Crippen LogP contribution in [-0.2, 0) is 22.3 Å². The molecule has 1 fully saturated rings. The van der Waals surface area contributed by atoms with E-state index in [2.05, 4.69) is 58.7 Å². The first-order chi connectivity index (χ1) is 20.6. The molecule has 2 aromatic carbocycles. The maximum atomic E-state index is 14.0. The average Bonchev–Trinajstić information content (AvgIpc) is 3.36. The summed E-state index contributed by atoms with van der Waals surface area (Å²) in [6.07, 6.45) is 3.90. The highest BCUT2D eigenvalue weighted by molar-refractivity contribution is 7.17. The number of anilines is 1. The zero-order valence-electron chi connectivity index (χ0n) is 24.4. The summed E-state index contributed by atoms with van der Waals surface area (Å²) in [5.41, 5.74) is 3.48. The Morgan fingerprint density at radius 1 is 0.976 bits per heavy atom. The quantitative estimate of drug-likeness (QED) is 0.255. The Bertz CT molecular complexity index is 1250. The molecule has 1 aromatic heterocycles. The van der Waals surface area contributed by atoms with Gasteiger partial charge in [-0.15, -0.1) is 11.3 Å². The number of morpholine rings is 1. The van der Waals surface area contributed by atoms with Crippen molar-refractivity contribution in [2.24, 2.45) is 0 Å². The highest BCUT2D eigenvalue weighted by Crippen LogP contribution is 2.44. The third-order valence-corrected chi connectivity index (χ3v) is 9.15. The second-order valence-electron chi connectivity index (χ2n) is 10.7. The van der Waals surface area contributed by atoms with Gasteiger partial charge in [0.25, 0.3) is 0 Å². The van der Waals surface area contributed by atoms with Crippen molar-refractivity contribution in [3.05, 3.63) is 82.2 Å². The van der Waals surface area contributed by atoms with Gasteiger partial charge in [0.1, 0.15) is 5.00 Å². The van der Waals surface area contributed by atoms with Crippen LogP contribution in [0, 0.1) is 0 Å². The van der Waals surface area contributed by atoms with Gasteiger partial charge in [-0.05, 0) is 50.2 Å². The van der Waals surface area contributed by atoms with Gasteiger partial charge in [0.05, 0.1) is 19.8 Å². The van der Waals surface area contributed by atoms with Crippen molar-refractivity contribution in [1.82, 2.24) is 9.80 Å². The number of urea groups is 1. The zero-order chi connectivity index (χ0) is 29.1. The molecule has 8 nitrogen and oxygen atoms in total. The summed E-state index contributed by atoms with van der Waals surface area (Å²) in [7, 11) is 0. The number of hydrogen-bond donors (Lipinski definition) is 1. The Balaban J connectivity index is 1.36. The monoisotopic (exact) mass is 591 g/mol. The maximum absolute atomic E-state index is 14.0. The molecule has 1 saturated heterocycles. The van der Waals surface area contributed by atoms with Gasteiger partial charge in [-0.2, -0.15) is 0 Å². The lowest BCUT2D eigenvalue weighted by molar-refractivity contribution is 0.0351. The van der Waals surface area contributed by atoms with Crippen molar-refractivity contribution in [3.8, 4) is 5.75 Å². The van der Waals surface area contributed by atoms with Gasteiger partial charge in [0, 0.05) is 49.1 Å². The molecule has 9 heteroatoms. The number of hydrogen-bond acceptors (Lipinski definition) is 7. The van der Waals surface area contributed by atoms with E-state index < -0.39 is 6.16 Å². The van der Waals surface area contributed by atoms with Crippen molar-refractivity contribution in [3.63, 3.8) is 0 Å². The number of rotatable bonds is 11. The summed E-state index contributed by atoms with van der Waals surface area (Å²) >= 11 is 1.51. The lowest BCUT2D eigenvalue weighted by atomic mass is 9.88. The second-order valence-corrected chi connectivity index (χ2v) is 11.8. The van der Waals surface area contributed by atoms with E-state index in [-0.39, 0.29) is 18.6 Å². The molecule has 0 saturated carbocycles. The van der Waals surface area contributed by atoms with Gasteiger partial charge in [-0.3, -0.25) is 10.2 Å². The van der Waals surface area contributed by atoms with E-state index in [0.29, 0.717) is 37.1 Å². The summed E-state index contributed by atoms with van der Waals surface area (Å²) in [6, 6.07) is 20.8. The largest absolute Gasteiger partial charge is 0.513 e. The van der Waals surface area contributed by atoms with Crippen LogP contribution >= 0.6 is 11.3 Å². The fourth-order valence-corrected chi connectivity index (χ4v) is 6.92. The summed E-state index contributed by atoms with van der Waals surface area (Å²) < 4.78 is 16.3. The third kappa shape index (κ3) is 7.91. The van der Waals surface area contributed by atoms with Crippen LogP contribution in [0.15, 0.2) is 60.7 Å². The molecule has 0 atom stereocenters. The van der Waals surface area contributed by atoms with Crippen LogP contribution in [0.4, 0.5) is 14.6 Å². The highest BCUT2D eigenvalue weighted by atomic mass is 32.1. The fourth-order valence-electron chi connectivity index (χ4n) is 5.72. The molecule has 1 aliphatic carbocycles. The van der Waals surface area contributed by atoms with Gasteiger partial charge in [0.15, 0.2) is 5.75 Å². The Labute approximate surface area is 252 Å². The van der Waals surface area contributed by atoms with E-state index in [1.165, 1.54) is 27.3 Å². The molecule has 2 heterocycles. The molecule has 0 unspecified atom stereocenters. The molecule has 2 amide bonds. The van der Waals surface area contributed by atoms with Crippen molar-refractivity contribution in [2.45, 2.75) is 44.9 Å². The van der Waals surface area contributed by atoms with E-state index in [9.17, 15) is 9.59 Å². The van der Waals surface area contributed by atoms with Crippen LogP contribution in [0.1, 0.15) is 53.7 Å². The normalized spacial score (nSPS) is 15.2. The molecule has 0 radical (unpaired) electrons. The second kappa shape index (κ2) is 15.2. The minimum atomic E-state index is -0.739. The summed E-state index contributed by atoms with van der Waals surface area (Å²) in [6.45, 7) is 7.06. The van der Waals surface area contributed by atoms with Gasteiger partial charge < -0.3 is 19.1 Å². The summed E-state index contributed by atoms with van der Waals surface area (Å²) in [5, 5.41) is 3.72. The number of ether oxygens (including phenoxy) is 3. The van der Waals surface area contributed by atoms with Crippen molar-refractivity contribution < 1.29 is 23.8 Å². The van der Waals surface area contributed by atoms with Crippen molar-refractivity contribution in [2.75, 3.05) is 57.9 Å². The van der Waals surface area contributed by atoms with E-state index in [0.717, 1.165) is 57.3 Å². The number of nitrogens with zero attached hydrogens (tertiary/aromatic N) is 2. The van der Waals surface area contributed by atoms with E-state index in [1.807, 2.05) is 17.0 Å². The number of carbonyl (C=O) groups is 2. The average molecular weight is 592 g/mol. The molecular weight excluding hydrogens is 550 g/mol. The lowest BCUT2D eigenvalue weighted by Gasteiger charge is -2.31. The molecule has 0 bridgehead atoms. The highest BCUT2D eigenvalue weighted by Gasteiger charge is 2.27. The molecule has 2 aliphatic rings. The van der Waals surface area contributed by atoms with Crippen LogP contribution in [0.2, 0.25) is 0 Å². The third-order valence-electron chi connectivity index (χ3n) is 7.96. The molecule has 42 heavy (non-hydrogen) atoms. The number of carbonyl (C=O) groups excluding carboxylic acids is 2. The Morgan fingerprint density at radius 3 is 2.31 bits per heavy atom. The number of thiophene rings is 1. The van der Waals surface area contributed by atoms with Crippen LogP contribution in [-0.4, -0.2) is 74.5 Å². The van der Waals surface area contributed by atoms with Crippen LogP contribution in [0.5, 0.6) is 5.75 Å². The summed E-state index contributed by atoms with van der Waals surface area (Å²) in [4.78, 5) is 31.7. The van der Waals surface area contributed by atoms with Crippen LogP contribution in [0.25, 0.3) is 0 Å².